The van der Waals surface area contributed by atoms with Gasteiger partial charge in [0.1, 0.15) is 17.2 Å². The Hall–Kier alpha value is -3.49. The van der Waals surface area contributed by atoms with Crippen molar-refractivity contribution in [2.45, 2.75) is 0 Å². The second-order valence-electron chi connectivity index (χ2n) is 6.53. The minimum Gasteiger partial charge on any atom is -0.497 e. The van der Waals surface area contributed by atoms with Crippen LogP contribution in [0.2, 0.25) is 5.02 Å². The zero-order valence-electron chi connectivity index (χ0n) is 17.7. The fourth-order valence-electron chi connectivity index (χ4n) is 2.82. The van der Waals surface area contributed by atoms with E-state index in [1.54, 1.807) is 74.9 Å². The number of anilines is 3. The number of nitrogens with one attached hydrogen (secondary N) is 3. The molecule has 3 aromatic rings. The van der Waals surface area contributed by atoms with E-state index in [-0.39, 0.29) is 5.91 Å². The van der Waals surface area contributed by atoms with E-state index in [9.17, 15) is 4.79 Å². The Kier molecular flexibility index (Phi) is 7.75. The molecule has 32 heavy (non-hydrogen) atoms. The number of halogens is 1. The molecule has 0 aliphatic carbocycles. The van der Waals surface area contributed by atoms with E-state index in [0.29, 0.717) is 44.3 Å². The first-order valence-electron chi connectivity index (χ1n) is 9.48. The normalized spacial score (nSPS) is 10.1. The summed E-state index contributed by atoms with van der Waals surface area (Å²) in [5.41, 5.74) is 2.52. The average Bonchev–Trinajstić information content (AvgIpc) is 2.80. The highest BCUT2D eigenvalue weighted by atomic mass is 35.5. The number of benzene rings is 3. The summed E-state index contributed by atoms with van der Waals surface area (Å²) < 4.78 is 15.7. The van der Waals surface area contributed by atoms with Crippen LogP contribution in [0.15, 0.2) is 60.7 Å². The van der Waals surface area contributed by atoms with Crippen LogP contribution in [-0.4, -0.2) is 32.3 Å². The van der Waals surface area contributed by atoms with E-state index in [1.807, 2.05) is 0 Å². The molecule has 0 spiro atoms. The smallest absolute Gasteiger partial charge is 0.255 e. The lowest BCUT2D eigenvalue weighted by Crippen LogP contribution is -2.19. The number of thiocarbonyl (C=S) groups is 1. The molecule has 166 valence electrons. The molecule has 0 radical (unpaired) electrons. The van der Waals surface area contributed by atoms with Gasteiger partial charge in [-0.3, -0.25) is 4.79 Å². The highest BCUT2D eigenvalue weighted by molar-refractivity contribution is 7.80. The van der Waals surface area contributed by atoms with E-state index >= 15 is 0 Å². The molecule has 0 aliphatic rings. The summed E-state index contributed by atoms with van der Waals surface area (Å²) in [4.78, 5) is 12.4. The number of methoxy groups -OCH3 is 3. The number of carbonyl (C=O) groups is 1. The van der Waals surface area contributed by atoms with Crippen LogP contribution in [-0.2, 0) is 0 Å². The molecular formula is C23H22ClN3O4S. The maximum absolute atomic E-state index is 12.4. The second kappa shape index (κ2) is 10.7. The van der Waals surface area contributed by atoms with Gasteiger partial charge in [-0.05, 0) is 66.8 Å². The lowest BCUT2D eigenvalue weighted by molar-refractivity contribution is 0.102. The topological polar surface area (TPSA) is 80.9 Å². The first-order chi connectivity index (χ1) is 15.4. The molecule has 9 heteroatoms. The monoisotopic (exact) mass is 471 g/mol. The van der Waals surface area contributed by atoms with Gasteiger partial charge < -0.3 is 30.2 Å². The summed E-state index contributed by atoms with van der Waals surface area (Å²) in [6.45, 7) is 0. The summed E-state index contributed by atoms with van der Waals surface area (Å²) >= 11 is 11.6. The van der Waals surface area contributed by atoms with Crippen LogP contribution in [0.5, 0.6) is 17.2 Å². The zero-order chi connectivity index (χ0) is 23.1. The molecule has 1 amide bonds. The van der Waals surface area contributed by atoms with Crippen molar-refractivity contribution >= 4 is 51.9 Å². The van der Waals surface area contributed by atoms with E-state index in [2.05, 4.69) is 16.0 Å². The van der Waals surface area contributed by atoms with Crippen molar-refractivity contribution in [1.29, 1.82) is 0 Å². The number of carbonyl (C=O) groups excluding carboxylic acids is 1. The van der Waals surface area contributed by atoms with Crippen molar-refractivity contribution in [3.05, 3.63) is 71.2 Å². The minimum absolute atomic E-state index is 0.214. The molecule has 3 N–H and O–H groups in total. The molecule has 7 nitrogen and oxygen atoms in total. The summed E-state index contributed by atoms with van der Waals surface area (Å²) in [5.74, 6) is 1.51. The van der Waals surface area contributed by atoms with Crippen LogP contribution < -0.4 is 30.2 Å². The van der Waals surface area contributed by atoms with Gasteiger partial charge in [-0.1, -0.05) is 11.6 Å². The lowest BCUT2D eigenvalue weighted by atomic mass is 10.2. The standard InChI is InChI=1S/C23H22ClN3O4S/c1-29-17-10-4-14(5-11-17)22(28)25-15-6-8-16(9-7-15)26-23(32)27-19-12-18(24)20(30-2)13-21(19)31-3/h4-13H,1-3H3,(H,25,28)(H2,26,27,32). The van der Waals surface area contributed by atoms with Crippen molar-refractivity contribution in [3.8, 4) is 17.2 Å². The van der Waals surface area contributed by atoms with Crippen LogP contribution >= 0.6 is 23.8 Å². The maximum Gasteiger partial charge on any atom is 0.255 e. The van der Waals surface area contributed by atoms with Gasteiger partial charge in [-0.25, -0.2) is 0 Å². The lowest BCUT2D eigenvalue weighted by Gasteiger charge is -2.15. The predicted molar refractivity (Wildman–Crippen MR) is 132 cm³/mol. The van der Waals surface area contributed by atoms with Gasteiger partial charge in [-0.15, -0.1) is 0 Å². The highest BCUT2D eigenvalue weighted by Gasteiger charge is 2.11. The first-order valence-corrected chi connectivity index (χ1v) is 10.3. The Morgan fingerprint density at radius 3 is 1.94 bits per heavy atom. The molecular weight excluding hydrogens is 450 g/mol. The van der Waals surface area contributed by atoms with Crippen LogP contribution in [0.25, 0.3) is 0 Å². The van der Waals surface area contributed by atoms with Crippen LogP contribution in [0.3, 0.4) is 0 Å². The van der Waals surface area contributed by atoms with E-state index in [0.717, 1.165) is 5.69 Å². The van der Waals surface area contributed by atoms with Crippen molar-refractivity contribution < 1.29 is 19.0 Å². The quantitative estimate of drug-likeness (QED) is 0.396. The van der Waals surface area contributed by atoms with Crippen molar-refractivity contribution in [2.24, 2.45) is 0 Å². The number of ether oxygens (including phenoxy) is 3. The van der Waals surface area contributed by atoms with Gasteiger partial charge in [0.15, 0.2) is 5.11 Å². The van der Waals surface area contributed by atoms with Crippen molar-refractivity contribution in [2.75, 3.05) is 37.3 Å². The summed E-state index contributed by atoms with van der Waals surface area (Å²) in [6.07, 6.45) is 0. The highest BCUT2D eigenvalue weighted by Crippen LogP contribution is 2.36. The third-order valence-electron chi connectivity index (χ3n) is 4.47. The van der Waals surface area contributed by atoms with Crippen molar-refractivity contribution in [3.63, 3.8) is 0 Å². The molecule has 0 bridgehead atoms. The molecule has 3 aromatic carbocycles. The Labute approximate surface area is 196 Å². The van der Waals surface area contributed by atoms with E-state index < -0.39 is 0 Å². The number of amides is 1. The van der Waals surface area contributed by atoms with Gasteiger partial charge in [0.05, 0.1) is 32.0 Å². The SMILES string of the molecule is COc1ccc(C(=O)Nc2ccc(NC(=S)Nc3cc(Cl)c(OC)cc3OC)cc2)cc1. The Balaban J connectivity index is 1.61. The number of hydrogen-bond acceptors (Lipinski definition) is 5. The largest absolute Gasteiger partial charge is 0.497 e. The fraction of sp³-hybridized carbons (Fsp3) is 0.130. The zero-order valence-corrected chi connectivity index (χ0v) is 19.3. The molecule has 0 unspecified atom stereocenters. The molecule has 0 aromatic heterocycles. The third kappa shape index (κ3) is 5.81. The molecule has 0 aliphatic heterocycles. The summed E-state index contributed by atoms with van der Waals surface area (Å²) in [6, 6.07) is 17.4. The van der Waals surface area contributed by atoms with Gasteiger partial charge in [0, 0.05) is 23.0 Å². The third-order valence-corrected chi connectivity index (χ3v) is 4.97. The molecule has 0 atom stereocenters. The summed E-state index contributed by atoms with van der Waals surface area (Å²) in [7, 11) is 4.65. The number of hydrogen-bond donors (Lipinski definition) is 3. The average molecular weight is 472 g/mol. The molecule has 0 heterocycles. The second-order valence-corrected chi connectivity index (χ2v) is 7.34. The Morgan fingerprint density at radius 1 is 0.781 bits per heavy atom. The molecule has 3 rings (SSSR count). The Bertz CT molecular complexity index is 1110. The summed E-state index contributed by atoms with van der Waals surface area (Å²) in [5, 5.41) is 9.76. The number of rotatable bonds is 7. The van der Waals surface area contributed by atoms with Crippen LogP contribution in [0.4, 0.5) is 17.1 Å². The van der Waals surface area contributed by atoms with E-state index in [1.165, 1.54) is 7.11 Å². The molecule has 0 saturated heterocycles. The van der Waals surface area contributed by atoms with Gasteiger partial charge in [-0.2, -0.15) is 0 Å². The van der Waals surface area contributed by atoms with Gasteiger partial charge in [0.25, 0.3) is 5.91 Å². The van der Waals surface area contributed by atoms with Gasteiger partial charge in [0.2, 0.25) is 0 Å². The van der Waals surface area contributed by atoms with Crippen LogP contribution in [0, 0.1) is 0 Å². The maximum atomic E-state index is 12.4. The first kappa shape index (κ1) is 23.2. The van der Waals surface area contributed by atoms with E-state index in [4.69, 9.17) is 38.0 Å². The van der Waals surface area contributed by atoms with Crippen LogP contribution in [0.1, 0.15) is 10.4 Å². The Morgan fingerprint density at radius 2 is 1.38 bits per heavy atom. The minimum atomic E-state index is -0.214. The fourth-order valence-corrected chi connectivity index (χ4v) is 3.29. The van der Waals surface area contributed by atoms with Gasteiger partial charge >= 0.3 is 0 Å². The molecule has 0 fully saturated rings. The predicted octanol–water partition coefficient (Wildman–Crippen LogP) is 5.43. The molecule has 0 saturated carbocycles. The van der Waals surface area contributed by atoms with Crippen molar-refractivity contribution in [1.82, 2.24) is 0 Å².